The number of aromatic amines is 1. The SMILES string of the molecule is Cc1nc(C(C)NC(=O)Cc2[nH]nc3ccccc23)cs1. The zero-order chi connectivity index (χ0) is 14.8. The monoisotopic (exact) mass is 300 g/mol. The Morgan fingerprint density at radius 3 is 3.00 bits per heavy atom. The van der Waals surface area contributed by atoms with Crippen LogP contribution in [0.3, 0.4) is 0 Å². The van der Waals surface area contributed by atoms with E-state index in [4.69, 9.17) is 0 Å². The summed E-state index contributed by atoms with van der Waals surface area (Å²) in [6, 6.07) is 7.68. The van der Waals surface area contributed by atoms with E-state index in [1.165, 1.54) is 0 Å². The normalized spacial score (nSPS) is 12.5. The number of thiazole rings is 1. The van der Waals surface area contributed by atoms with Crippen molar-refractivity contribution in [2.24, 2.45) is 0 Å². The highest BCUT2D eigenvalue weighted by molar-refractivity contribution is 7.09. The number of hydrogen-bond acceptors (Lipinski definition) is 4. The summed E-state index contributed by atoms with van der Waals surface area (Å²) < 4.78 is 0. The van der Waals surface area contributed by atoms with Crippen molar-refractivity contribution in [3.63, 3.8) is 0 Å². The van der Waals surface area contributed by atoms with E-state index < -0.39 is 0 Å². The van der Waals surface area contributed by atoms with Gasteiger partial charge in [0.25, 0.3) is 0 Å². The summed E-state index contributed by atoms with van der Waals surface area (Å²) in [6.07, 6.45) is 0.286. The Hall–Kier alpha value is -2.21. The third-order valence-electron chi connectivity index (χ3n) is 3.34. The largest absolute Gasteiger partial charge is 0.348 e. The number of nitrogens with one attached hydrogen (secondary N) is 2. The van der Waals surface area contributed by atoms with Crippen LogP contribution in [-0.4, -0.2) is 21.1 Å². The third kappa shape index (κ3) is 2.95. The summed E-state index contributed by atoms with van der Waals surface area (Å²) in [5.41, 5.74) is 2.62. The van der Waals surface area contributed by atoms with Crippen molar-refractivity contribution >= 4 is 28.1 Å². The summed E-state index contributed by atoms with van der Waals surface area (Å²) >= 11 is 1.59. The van der Waals surface area contributed by atoms with Gasteiger partial charge >= 0.3 is 0 Å². The number of amides is 1. The molecular weight excluding hydrogens is 284 g/mol. The molecular formula is C15H16N4OS. The number of carbonyl (C=O) groups is 1. The Kier molecular flexibility index (Phi) is 3.70. The number of aromatic nitrogens is 3. The van der Waals surface area contributed by atoms with E-state index in [-0.39, 0.29) is 18.4 Å². The number of benzene rings is 1. The number of aryl methyl sites for hydroxylation is 1. The number of nitrogens with zero attached hydrogens (tertiary/aromatic N) is 2. The van der Waals surface area contributed by atoms with Crippen LogP contribution in [0.2, 0.25) is 0 Å². The van der Waals surface area contributed by atoms with Crippen LogP contribution in [0.1, 0.15) is 29.4 Å². The minimum absolute atomic E-state index is 0.0393. The van der Waals surface area contributed by atoms with Crippen molar-refractivity contribution in [3.8, 4) is 0 Å². The van der Waals surface area contributed by atoms with Gasteiger partial charge in [-0.2, -0.15) is 5.10 Å². The summed E-state index contributed by atoms with van der Waals surface area (Å²) in [7, 11) is 0. The smallest absolute Gasteiger partial charge is 0.226 e. The first-order chi connectivity index (χ1) is 10.1. The molecule has 0 spiro atoms. The Labute approximate surface area is 126 Å². The fourth-order valence-electron chi connectivity index (χ4n) is 2.26. The molecule has 0 aliphatic heterocycles. The van der Waals surface area contributed by atoms with Gasteiger partial charge in [0, 0.05) is 10.8 Å². The maximum atomic E-state index is 12.2. The first-order valence-corrected chi connectivity index (χ1v) is 7.65. The number of para-hydroxylation sites is 1. The van der Waals surface area contributed by atoms with E-state index in [0.717, 1.165) is 27.3 Å². The van der Waals surface area contributed by atoms with E-state index >= 15 is 0 Å². The van der Waals surface area contributed by atoms with Crippen molar-refractivity contribution < 1.29 is 4.79 Å². The maximum absolute atomic E-state index is 12.2. The van der Waals surface area contributed by atoms with Crippen molar-refractivity contribution in [2.45, 2.75) is 26.3 Å². The standard InChI is InChI=1S/C15H16N4OS/c1-9(14-8-21-10(2)17-14)16-15(20)7-13-11-5-3-4-6-12(11)18-19-13/h3-6,8-9H,7H2,1-2H3,(H,16,20)(H,18,19). The van der Waals surface area contributed by atoms with Crippen LogP contribution in [0.4, 0.5) is 0 Å². The Balaban J connectivity index is 1.69. The molecule has 2 heterocycles. The van der Waals surface area contributed by atoms with E-state index in [1.54, 1.807) is 11.3 Å². The fraction of sp³-hybridized carbons (Fsp3) is 0.267. The van der Waals surface area contributed by atoms with Gasteiger partial charge in [-0.05, 0) is 19.9 Å². The molecule has 0 saturated carbocycles. The highest BCUT2D eigenvalue weighted by Crippen LogP contribution is 2.17. The zero-order valence-corrected chi connectivity index (χ0v) is 12.7. The molecule has 6 heteroatoms. The molecule has 2 N–H and O–H groups in total. The first kappa shape index (κ1) is 13.8. The van der Waals surface area contributed by atoms with Crippen molar-refractivity contribution in [1.29, 1.82) is 0 Å². The molecule has 1 amide bonds. The predicted molar refractivity (Wildman–Crippen MR) is 83.2 cm³/mol. The second-order valence-corrected chi connectivity index (χ2v) is 6.04. The molecule has 0 saturated heterocycles. The number of hydrogen-bond donors (Lipinski definition) is 2. The van der Waals surface area contributed by atoms with Crippen LogP contribution in [-0.2, 0) is 11.2 Å². The Morgan fingerprint density at radius 2 is 2.24 bits per heavy atom. The summed E-state index contributed by atoms with van der Waals surface area (Å²) in [6.45, 7) is 3.90. The molecule has 3 rings (SSSR count). The van der Waals surface area contributed by atoms with Crippen molar-refractivity contribution in [1.82, 2.24) is 20.5 Å². The van der Waals surface area contributed by atoms with E-state index in [0.29, 0.717) is 0 Å². The number of H-pyrrole nitrogens is 1. The molecule has 1 atom stereocenters. The number of carbonyl (C=O) groups excluding carboxylic acids is 1. The Morgan fingerprint density at radius 1 is 1.43 bits per heavy atom. The number of rotatable bonds is 4. The Bertz CT molecular complexity index is 777. The van der Waals surface area contributed by atoms with Gasteiger partial charge in [-0.3, -0.25) is 9.89 Å². The van der Waals surface area contributed by atoms with Gasteiger partial charge in [0.15, 0.2) is 0 Å². The quantitative estimate of drug-likeness (QED) is 0.778. The summed E-state index contributed by atoms with van der Waals surface area (Å²) in [5.74, 6) is -0.0393. The van der Waals surface area contributed by atoms with Crippen LogP contribution >= 0.6 is 11.3 Å². The van der Waals surface area contributed by atoms with Gasteiger partial charge < -0.3 is 5.32 Å². The van der Waals surface area contributed by atoms with Crippen LogP contribution in [0.25, 0.3) is 10.9 Å². The van der Waals surface area contributed by atoms with Gasteiger partial charge in [0.05, 0.1) is 34.4 Å². The maximum Gasteiger partial charge on any atom is 0.226 e. The fourth-order valence-corrected chi connectivity index (χ4v) is 2.96. The van der Waals surface area contributed by atoms with Crippen molar-refractivity contribution in [3.05, 3.63) is 46.0 Å². The number of fused-ring (bicyclic) bond motifs is 1. The van der Waals surface area contributed by atoms with Gasteiger partial charge in [-0.1, -0.05) is 18.2 Å². The molecule has 0 radical (unpaired) electrons. The predicted octanol–water partition coefficient (Wildman–Crippen LogP) is 2.75. The second kappa shape index (κ2) is 5.65. The highest BCUT2D eigenvalue weighted by Gasteiger charge is 2.14. The third-order valence-corrected chi connectivity index (χ3v) is 4.13. The minimum atomic E-state index is -0.0864. The lowest BCUT2D eigenvalue weighted by atomic mass is 10.1. The molecule has 0 aliphatic rings. The van der Waals surface area contributed by atoms with E-state index in [1.807, 2.05) is 43.5 Å². The van der Waals surface area contributed by atoms with Crippen LogP contribution < -0.4 is 5.32 Å². The lowest BCUT2D eigenvalue weighted by Crippen LogP contribution is -2.28. The molecule has 3 aromatic rings. The molecule has 21 heavy (non-hydrogen) atoms. The van der Waals surface area contributed by atoms with Gasteiger partial charge in [-0.15, -0.1) is 11.3 Å². The molecule has 1 unspecified atom stereocenters. The van der Waals surface area contributed by atoms with Crippen LogP contribution in [0, 0.1) is 6.92 Å². The molecule has 5 nitrogen and oxygen atoms in total. The van der Waals surface area contributed by atoms with Crippen LogP contribution in [0.5, 0.6) is 0 Å². The molecule has 0 fully saturated rings. The topological polar surface area (TPSA) is 70.7 Å². The summed E-state index contributed by atoms with van der Waals surface area (Å²) in [4.78, 5) is 16.6. The van der Waals surface area contributed by atoms with E-state index in [9.17, 15) is 4.79 Å². The molecule has 2 aromatic heterocycles. The average molecular weight is 300 g/mol. The molecule has 0 bridgehead atoms. The lowest BCUT2D eigenvalue weighted by Gasteiger charge is -2.11. The average Bonchev–Trinajstić information content (AvgIpc) is 3.06. The molecule has 108 valence electrons. The van der Waals surface area contributed by atoms with Crippen molar-refractivity contribution in [2.75, 3.05) is 0 Å². The van der Waals surface area contributed by atoms with E-state index in [2.05, 4.69) is 20.5 Å². The molecule has 1 aromatic carbocycles. The minimum Gasteiger partial charge on any atom is -0.348 e. The molecule has 0 aliphatic carbocycles. The lowest BCUT2D eigenvalue weighted by molar-refractivity contribution is -0.121. The second-order valence-electron chi connectivity index (χ2n) is 4.98. The zero-order valence-electron chi connectivity index (χ0n) is 11.9. The van der Waals surface area contributed by atoms with Crippen LogP contribution in [0.15, 0.2) is 29.6 Å². The summed E-state index contributed by atoms with van der Waals surface area (Å²) in [5, 5.41) is 14.1. The van der Waals surface area contributed by atoms with Gasteiger partial charge in [-0.25, -0.2) is 4.98 Å². The van der Waals surface area contributed by atoms with Gasteiger partial charge in [0.2, 0.25) is 5.91 Å². The van der Waals surface area contributed by atoms with Gasteiger partial charge in [0.1, 0.15) is 0 Å². The first-order valence-electron chi connectivity index (χ1n) is 6.77. The highest BCUT2D eigenvalue weighted by atomic mass is 32.1.